The predicted octanol–water partition coefficient (Wildman–Crippen LogP) is 2.71. The zero-order chi connectivity index (χ0) is 11.3. The van der Waals surface area contributed by atoms with Gasteiger partial charge in [-0.15, -0.1) is 0 Å². The molecule has 2 nitrogen and oxygen atoms in total. The van der Waals surface area contributed by atoms with Gasteiger partial charge >= 0.3 is 0 Å². The summed E-state index contributed by atoms with van der Waals surface area (Å²) in [7, 11) is 0. The minimum absolute atomic E-state index is 0.194. The number of nitrogens with one attached hydrogen (secondary N) is 1. The van der Waals surface area contributed by atoms with Crippen LogP contribution in [0.1, 0.15) is 31.9 Å². The van der Waals surface area contributed by atoms with Gasteiger partial charge in [0.2, 0.25) is 0 Å². The predicted molar refractivity (Wildman–Crippen MR) is 71.9 cm³/mol. The number of halogens is 1. The number of hydrogen-bond donors (Lipinski definition) is 2. The van der Waals surface area contributed by atoms with Crippen LogP contribution in [-0.2, 0) is 0 Å². The fourth-order valence-corrected chi connectivity index (χ4v) is 1.86. The summed E-state index contributed by atoms with van der Waals surface area (Å²) < 4.78 is 1.25. The Bertz CT molecular complexity index is 282. The van der Waals surface area contributed by atoms with Crippen LogP contribution >= 0.6 is 22.6 Å². The number of aliphatic hydroxyl groups excluding tert-OH is 1. The van der Waals surface area contributed by atoms with Crippen molar-refractivity contribution in [2.45, 2.75) is 32.4 Å². The first kappa shape index (κ1) is 12.9. The quantitative estimate of drug-likeness (QED) is 0.818. The van der Waals surface area contributed by atoms with E-state index in [2.05, 4.69) is 66.0 Å². The van der Waals surface area contributed by atoms with Gasteiger partial charge in [-0.05, 0) is 53.6 Å². The van der Waals surface area contributed by atoms with E-state index in [1.54, 1.807) is 0 Å². The molecule has 0 spiro atoms. The van der Waals surface area contributed by atoms with Crippen LogP contribution in [0.3, 0.4) is 0 Å². The molecule has 2 atom stereocenters. The van der Waals surface area contributed by atoms with E-state index in [0.29, 0.717) is 6.04 Å². The van der Waals surface area contributed by atoms with Crippen molar-refractivity contribution in [1.29, 1.82) is 0 Å². The summed E-state index contributed by atoms with van der Waals surface area (Å²) in [6.07, 6.45) is 0.950. The lowest BCUT2D eigenvalue weighted by Gasteiger charge is -2.20. The molecule has 0 aliphatic rings. The molecule has 1 aromatic rings. The van der Waals surface area contributed by atoms with Crippen molar-refractivity contribution in [2.75, 3.05) is 6.61 Å². The molecule has 2 N–H and O–H groups in total. The average Bonchev–Trinajstić information content (AvgIpc) is 2.26. The zero-order valence-corrected chi connectivity index (χ0v) is 11.4. The van der Waals surface area contributed by atoms with E-state index in [0.717, 1.165) is 6.42 Å². The summed E-state index contributed by atoms with van der Waals surface area (Å²) in [4.78, 5) is 0. The van der Waals surface area contributed by atoms with Gasteiger partial charge in [-0.2, -0.15) is 0 Å². The van der Waals surface area contributed by atoms with Crippen LogP contribution in [0.15, 0.2) is 24.3 Å². The topological polar surface area (TPSA) is 32.3 Å². The monoisotopic (exact) mass is 319 g/mol. The summed E-state index contributed by atoms with van der Waals surface area (Å²) >= 11 is 2.30. The van der Waals surface area contributed by atoms with Crippen molar-refractivity contribution < 1.29 is 5.11 Å². The smallest absolute Gasteiger partial charge is 0.0584 e. The van der Waals surface area contributed by atoms with Gasteiger partial charge in [-0.1, -0.05) is 19.1 Å². The summed E-state index contributed by atoms with van der Waals surface area (Å²) in [6.45, 7) is 4.40. The standard InChI is InChI=1S/C12H18INO/c1-3-12(8-15)14-9(2)10-4-6-11(13)7-5-10/h4-7,9,12,14-15H,3,8H2,1-2H3/t9-,12+/m1/s1. The Labute approximate surface area is 105 Å². The molecule has 1 rings (SSSR count). The Balaban J connectivity index is 2.60. The molecular weight excluding hydrogens is 301 g/mol. The molecule has 0 radical (unpaired) electrons. The number of hydrogen-bond acceptors (Lipinski definition) is 2. The highest BCUT2D eigenvalue weighted by Crippen LogP contribution is 2.15. The second-order valence-electron chi connectivity index (χ2n) is 3.73. The van der Waals surface area contributed by atoms with Crippen molar-refractivity contribution in [3.63, 3.8) is 0 Å². The molecule has 0 fully saturated rings. The van der Waals surface area contributed by atoms with Gasteiger partial charge in [-0.3, -0.25) is 0 Å². The maximum absolute atomic E-state index is 9.10. The molecule has 0 aliphatic heterocycles. The van der Waals surface area contributed by atoms with Crippen LogP contribution in [-0.4, -0.2) is 17.8 Å². The second kappa shape index (κ2) is 6.45. The third-order valence-electron chi connectivity index (χ3n) is 2.57. The lowest BCUT2D eigenvalue weighted by atomic mass is 10.1. The minimum Gasteiger partial charge on any atom is -0.395 e. The van der Waals surface area contributed by atoms with Crippen LogP contribution in [0.2, 0.25) is 0 Å². The van der Waals surface area contributed by atoms with Crippen LogP contribution in [0, 0.1) is 3.57 Å². The lowest BCUT2D eigenvalue weighted by Crippen LogP contribution is -2.33. The van der Waals surface area contributed by atoms with E-state index in [9.17, 15) is 0 Å². The molecule has 1 aromatic carbocycles. The largest absolute Gasteiger partial charge is 0.395 e. The molecule has 3 heteroatoms. The highest BCUT2D eigenvalue weighted by molar-refractivity contribution is 14.1. The van der Waals surface area contributed by atoms with Gasteiger partial charge in [-0.25, -0.2) is 0 Å². The van der Waals surface area contributed by atoms with Crippen LogP contribution < -0.4 is 5.32 Å². The molecule has 0 heterocycles. The Morgan fingerprint density at radius 2 is 1.93 bits per heavy atom. The van der Waals surface area contributed by atoms with E-state index < -0.39 is 0 Å². The van der Waals surface area contributed by atoms with Gasteiger partial charge in [0.05, 0.1) is 6.61 Å². The Kier molecular flexibility index (Phi) is 5.56. The van der Waals surface area contributed by atoms with Crippen LogP contribution in [0.25, 0.3) is 0 Å². The summed E-state index contributed by atoms with van der Waals surface area (Å²) in [5.74, 6) is 0. The molecule has 84 valence electrons. The fraction of sp³-hybridized carbons (Fsp3) is 0.500. The average molecular weight is 319 g/mol. The SMILES string of the molecule is CC[C@@H](CO)N[C@H](C)c1ccc(I)cc1. The summed E-state index contributed by atoms with van der Waals surface area (Å²) in [6, 6.07) is 8.95. The molecule has 0 aromatic heterocycles. The van der Waals surface area contributed by atoms with Crippen molar-refractivity contribution in [3.05, 3.63) is 33.4 Å². The van der Waals surface area contributed by atoms with Crippen LogP contribution in [0.5, 0.6) is 0 Å². The van der Waals surface area contributed by atoms with Crippen LogP contribution in [0.4, 0.5) is 0 Å². The third kappa shape index (κ3) is 4.09. The van der Waals surface area contributed by atoms with Gasteiger partial charge in [0.25, 0.3) is 0 Å². The van der Waals surface area contributed by atoms with Gasteiger partial charge < -0.3 is 10.4 Å². The van der Waals surface area contributed by atoms with E-state index in [-0.39, 0.29) is 12.6 Å². The van der Waals surface area contributed by atoms with Gasteiger partial charge in [0, 0.05) is 15.7 Å². The van der Waals surface area contributed by atoms with E-state index in [4.69, 9.17) is 5.11 Å². The summed E-state index contributed by atoms with van der Waals surface area (Å²) in [5.41, 5.74) is 1.27. The molecule has 0 bridgehead atoms. The molecule has 0 saturated carbocycles. The molecule has 0 aliphatic carbocycles. The zero-order valence-electron chi connectivity index (χ0n) is 9.20. The molecule has 0 unspecified atom stereocenters. The molecule has 0 saturated heterocycles. The fourth-order valence-electron chi connectivity index (χ4n) is 1.50. The first-order chi connectivity index (χ1) is 7.17. The summed E-state index contributed by atoms with van der Waals surface area (Å²) in [5, 5.41) is 12.5. The first-order valence-electron chi connectivity index (χ1n) is 5.29. The number of rotatable bonds is 5. The van der Waals surface area contributed by atoms with Crippen molar-refractivity contribution in [1.82, 2.24) is 5.32 Å². The molecule has 15 heavy (non-hydrogen) atoms. The van der Waals surface area contributed by atoms with Gasteiger partial charge in [0.1, 0.15) is 0 Å². The van der Waals surface area contributed by atoms with Crippen molar-refractivity contribution in [2.24, 2.45) is 0 Å². The normalized spacial score (nSPS) is 14.9. The maximum atomic E-state index is 9.10. The molecular formula is C12H18INO. The Morgan fingerprint density at radius 3 is 2.40 bits per heavy atom. The Morgan fingerprint density at radius 1 is 1.33 bits per heavy atom. The Hall–Kier alpha value is -0.130. The van der Waals surface area contributed by atoms with E-state index in [1.807, 2.05) is 0 Å². The minimum atomic E-state index is 0.194. The maximum Gasteiger partial charge on any atom is 0.0584 e. The third-order valence-corrected chi connectivity index (χ3v) is 3.29. The van der Waals surface area contributed by atoms with E-state index in [1.165, 1.54) is 9.13 Å². The van der Waals surface area contributed by atoms with E-state index >= 15 is 0 Å². The second-order valence-corrected chi connectivity index (χ2v) is 4.97. The highest BCUT2D eigenvalue weighted by Gasteiger charge is 2.10. The highest BCUT2D eigenvalue weighted by atomic mass is 127. The number of benzene rings is 1. The van der Waals surface area contributed by atoms with Crippen molar-refractivity contribution in [3.8, 4) is 0 Å². The van der Waals surface area contributed by atoms with Gasteiger partial charge in [0.15, 0.2) is 0 Å². The lowest BCUT2D eigenvalue weighted by molar-refractivity contribution is 0.230. The van der Waals surface area contributed by atoms with Crippen molar-refractivity contribution >= 4 is 22.6 Å². The molecule has 0 amide bonds. The first-order valence-corrected chi connectivity index (χ1v) is 6.37. The number of aliphatic hydroxyl groups is 1.